The fourth-order valence-electron chi connectivity index (χ4n) is 5.36. The van der Waals surface area contributed by atoms with Gasteiger partial charge in [0.15, 0.2) is 0 Å². The Morgan fingerprint density at radius 2 is 0.956 bits per heavy atom. The van der Waals surface area contributed by atoms with Crippen molar-refractivity contribution in [3.05, 3.63) is 48.6 Å². The topological polar surface area (TPSA) is 89.8 Å². The minimum absolute atomic E-state index is 0.00961. The van der Waals surface area contributed by atoms with Crippen LogP contribution in [0.15, 0.2) is 48.6 Å². The molecule has 0 aromatic rings. The molecule has 5 nitrogen and oxygen atoms in total. The molecular weight excluding hydrogens is 558 g/mol. The molecule has 0 aliphatic rings. The molecule has 0 aromatic heterocycles. The van der Waals surface area contributed by atoms with Crippen molar-refractivity contribution in [3.63, 3.8) is 0 Å². The summed E-state index contributed by atoms with van der Waals surface area (Å²) in [6, 6.07) is -0.771. The van der Waals surface area contributed by atoms with Gasteiger partial charge in [-0.05, 0) is 70.6 Å². The lowest BCUT2D eigenvalue weighted by molar-refractivity contribution is -0.124. The van der Waals surface area contributed by atoms with Crippen molar-refractivity contribution < 1.29 is 20.1 Å². The molecular formula is C40H73NO4. The van der Waals surface area contributed by atoms with E-state index in [9.17, 15) is 20.1 Å². The number of unbranched alkanes of at least 4 members (excludes halogenated alkanes) is 18. The molecule has 5 heteroatoms. The van der Waals surface area contributed by atoms with Crippen LogP contribution in [0.1, 0.15) is 174 Å². The van der Waals surface area contributed by atoms with Crippen LogP contribution in [0, 0.1) is 0 Å². The van der Waals surface area contributed by atoms with Gasteiger partial charge in [0.1, 0.15) is 0 Å². The molecule has 0 aromatic carbocycles. The number of allylic oxidation sites excluding steroid dienone is 7. The molecule has 4 N–H and O–H groups in total. The van der Waals surface area contributed by atoms with Gasteiger partial charge in [0.25, 0.3) is 0 Å². The van der Waals surface area contributed by atoms with E-state index >= 15 is 0 Å². The van der Waals surface area contributed by atoms with Crippen LogP contribution in [-0.4, -0.2) is 46.1 Å². The third-order valence-electron chi connectivity index (χ3n) is 8.32. The smallest absolute Gasteiger partial charge is 0.222 e. The van der Waals surface area contributed by atoms with Crippen LogP contribution in [-0.2, 0) is 4.79 Å². The number of aliphatic hydroxyl groups excluding tert-OH is 3. The Labute approximate surface area is 278 Å². The van der Waals surface area contributed by atoms with Gasteiger partial charge < -0.3 is 20.6 Å². The fraction of sp³-hybridized carbons (Fsp3) is 0.775. The molecule has 0 heterocycles. The maximum absolute atomic E-state index is 12.4. The highest BCUT2D eigenvalue weighted by atomic mass is 16.3. The second kappa shape index (κ2) is 35.2. The monoisotopic (exact) mass is 632 g/mol. The zero-order valence-corrected chi connectivity index (χ0v) is 29.5. The highest BCUT2D eigenvalue weighted by Crippen LogP contribution is 2.12. The molecule has 3 unspecified atom stereocenters. The van der Waals surface area contributed by atoms with Gasteiger partial charge in [-0.15, -0.1) is 0 Å². The number of hydrogen-bond acceptors (Lipinski definition) is 4. The third kappa shape index (κ3) is 32.1. The van der Waals surface area contributed by atoms with E-state index in [2.05, 4.69) is 55.6 Å². The largest absolute Gasteiger partial charge is 0.394 e. The van der Waals surface area contributed by atoms with Crippen LogP contribution in [0.3, 0.4) is 0 Å². The molecule has 3 atom stereocenters. The predicted octanol–water partition coefficient (Wildman–Crippen LogP) is 10.2. The minimum Gasteiger partial charge on any atom is -0.394 e. The van der Waals surface area contributed by atoms with E-state index in [4.69, 9.17) is 0 Å². The second-order valence-corrected chi connectivity index (χ2v) is 12.8. The Morgan fingerprint density at radius 1 is 0.556 bits per heavy atom. The van der Waals surface area contributed by atoms with Gasteiger partial charge in [-0.25, -0.2) is 0 Å². The summed E-state index contributed by atoms with van der Waals surface area (Å²) in [6.45, 7) is 4.16. The standard InChI is InChI=1S/C40H73NO4/c1-3-5-7-9-11-13-15-17-19-20-22-24-26-28-30-32-34-39(44)38(36-42)41-40(45)35-37(43)33-31-29-27-25-23-21-18-16-14-12-10-8-6-4-2/h17,19,21,23-24,26,32,34,37-39,42-44H,3-16,18,20,22,25,27-31,33,35-36H2,1-2H3,(H,41,45)/b19-17+,23-21-,26-24+,34-32+. The maximum Gasteiger partial charge on any atom is 0.222 e. The molecule has 0 aliphatic heterocycles. The van der Waals surface area contributed by atoms with E-state index in [0.29, 0.717) is 6.42 Å². The Balaban J connectivity index is 3.85. The fourth-order valence-corrected chi connectivity index (χ4v) is 5.36. The molecule has 262 valence electrons. The van der Waals surface area contributed by atoms with Crippen LogP contribution in [0.25, 0.3) is 0 Å². The first-order valence-corrected chi connectivity index (χ1v) is 18.9. The summed E-state index contributed by atoms with van der Waals surface area (Å²) < 4.78 is 0. The lowest BCUT2D eigenvalue weighted by Crippen LogP contribution is -2.45. The number of nitrogens with one attached hydrogen (secondary N) is 1. The first-order valence-electron chi connectivity index (χ1n) is 18.9. The summed E-state index contributed by atoms with van der Waals surface area (Å²) in [5.41, 5.74) is 0. The van der Waals surface area contributed by atoms with Gasteiger partial charge in [-0.3, -0.25) is 4.79 Å². The Bertz CT molecular complexity index is 745. The summed E-state index contributed by atoms with van der Waals surface area (Å²) >= 11 is 0. The number of aliphatic hydroxyl groups is 3. The summed E-state index contributed by atoms with van der Waals surface area (Å²) in [6.07, 6.45) is 43.8. The predicted molar refractivity (Wildman–Crippen MR) is 194 cm³/mol. The SMILES string of the molecule is CCCCCCCC/C=C/CC/C=C/CC/C=C/C(O)C(CO)NC(=O)CC(O)CCCCC/C=C\CCCCCCCCC. The van der Waals surface area contributed by atoms with E-state index < -0.39 is 18.2 Å². The number of carbonyl (C=O) groups excluding carboxylic acids is 1. The van der Waals surface area contributed by atoms with E-state index in [1.807, 2.05) is 6.08 Å². The van der Waals surface area contributed by atoms with Crippen LogP contribution < -0.4 is 5.32 Å². The molecule has 0 bridgehead atoms. The highest BCUT2D eigenvalue weighted by Gasteiger charge is 2.20. The molecule has 0 spiro atoms. The first-order chi connectivity index (χ1) is 22.0. The minimum atomic E-state index is -0.962. The van der Waals surface area contributed by atoms with Gasteiger partial charge >= 0.3 is 0 Å². The summed E-state index contributed by atoms with van der Waals surface area (Å²) in [5.74, 6) is -0.341. The van der Waals surface area contributed by atoms with E-state index in [1.165, 1.54) is 96.3 Å². The van der Waals surface area contributed by atoms with Crippen molar-refractivity contribution in [1.29, 1.82) is 0 Å². The van der Waals surface area contributed by atoms with Gasteiger partial charge in [-0.2, -0.15) is 0 Å². The van der Waals surface area contributed by atoms with Crippen LogP contribution in [0.5, 0.6) is 0 Å². The molecule has 1 amide bonds. The summed E-state index contributed by atoms with van der Waals surface area (Å²) in [7, 11) is 0. The molecule has 0 saturated heterocycles. The van der Waals surface area contributed by atoms with Crippen LogP contribution in [0.4, 0.5) is 0 Å². The van der Waals surface area contributed by atoms with Gasteiger partial charge in [0.05, 0.1) is 31.3 Å². The summed E-state index contributed by atoms with van der Waals surface area (Å²) in [5, 5.41) is 33.0. The van der Waals surface area contributed by atoms with E-state index in [1.54, 1.807) is 6.08 Å². The average molecular weight is 632 g/mol. The third-order valence-corrected chi connectivity index (χ3v) is 8.32. The molecule has 45 heavy (non-hydrogen) atoms. The van der Waals surface area contributed by atoms with Crippen LogP contribution in [0.2, 0.25) is 0 Å². The van der Waals surface area contributed by atoms with Crippen LogP contribution >= 0.6 is 0 Å². The molecule has 0 radical (unpaired) electrons. The van der Waals surface area contributed by atoms with Crippen molar-refractivity contribution in [2.75, 3.05) is 6.61 Å². The van der Waals surface area contributed by atoms with Crippen molar-refractivity contribution in [2.24, 2.45) is 0 Å². The molecule has 0 aliphatic carbocycles. The highest BCUT2D eigenvalue weighted by molar-refractivity contribution is 5.76. The van der Waals surface area contributed by atoms with Crippen molar-refractivity contribution in [2.45, 2.75) is 193 Å². The maximum atomic E-state index is 12.4. The normalized spacial score (nSPS) is 14.3. The average Bonchev–Trinajstić information content (AvgIpc) is 3.03. The molecule has 0 rings (SSSR count). The number of carbonyl (C=O) groups is 1. The zero-order valence-electron chi connectivity index (χ0n) is 29.5. The Hall–Kier alpha value is -1.69. The number of hydrogen-bond donors (Lipinski definition) is 4. The molecule has 0 fully saturated rings. The van der Waals surface area contributed by atoms with E-state index in [-0.39, 0.29) is 18.9 Å². The number of rotatable bonds is 33. The molecule has 0 saturated carbocycles. The van der Waals surface area contributed by atoms with Crippen molar-refractivity contribution >= 4 is 5.91 Å². The number of amides is 1. The van der Waals surface area contributed by atoms with E-state index in [0.717, 1.165) is 51.4 Å². The Kier molecular flexibility index (Phi) is 33.8. The zero-order chi connectivity index (χ0) is 33.1. The van der Waals surface area contributed by atoms with Crippen molar-refractivity contribution in [3.8, 4) is 0 Å². The Morgan fingerprint density at radius 3 is 1.42 bits per heavy atom. The lowest BCUT2D eigenvalue weighted by atomic mass is 10.1. The first kappa shape index (κ1) is 43.3. The van der Waals surface area contributed by atoms with Crippen molar-refractivity contribution in [1.82, 2.24) is 5.32 Å². The summed E-state index contributed by atoms with van der Waals surface area (Å²) in [4.78, 5) is 12.4. The second-order valence-electron chi connectivity index (χ2n) is 12.8. The van der Waals surface area contributed by atoms with Gasteiger partial charge in [0.2, 0.25) is 5.91 Å². The van der Waals surface area contributed by atoms with Gasteiger partial charge in [0, 0.05) is 0 Å². The quantitative estimate of drug-likeness (QED) is 0.0429. The lowest BCUT2D eigenvalue weighted by Gasteiger charge is -2.20. The van der Waals surface area contributed by atoms with Gasteiger partial charge in [-0.1, -0.05) is 146 Å².